The van der Waals surface area contributed by atoms with E-state index in [9.17, 15) is 4.39 Å². The first-order valence-electron chi connectivity index (χ1n) is 6.84. The van der Waals surface area contributed by atoms with Crippen molar-refractivity contribution in [1.29, 1.82) is 0 Å². The summed E-state index contributed by atoms with van der Waals surface area (Å²) in [6.45, 7) is 12.7. The predicted octanol–water partition coefficient (Wildman–Crippen LogP) is 3.52. The molecule has 19 heavy (non-hydrogen) atoms. The minimum absolute atomic E-state index is 0.121. The Morgan fingerprint density at radius 3 is 2.26 bits per heavy atom. The highest BCUT2D eigenvalue weighted by atomic mass is 19.1. The fraction of sp³-hybridized carbons (Fsp3) is 0.625. The molecule has 1 aliphatic rings. The van der Waals surface area contributed by atoms with Crippen molar-refractivity contribution in [2.75, 3.05) is 13.1 Å². The third kappa shape index (κ3) is 3.77. The number of aryl methyl sites for hydroxylation is 1. The highest BCUT2D eigenvalue weighted by Gasteiger charge is 2.37. The lowest BCUT2D eigenvalue weighted by Crippen LogP contribution is -2.56. The second kappa shape index (κ2) is 4.88. The van der Waals surface area contributed by atoms with Gasteiger partial charge in [-0.1, -0.05) is 12.1 Å². The summed E-state index contributed by atoms with van der Waals surface area (Å²) in [5.41, 5.74) is 1.40. The molecular weight excluding hydrogens is 241 g/mol. The summed E-state index contributed by atoms with van der Waals surface area (Å²) < 4.78 is 19.7. The molecular formula is C16H24FNO. The van der Waals surface area contributed by atoms with E-state index < -0.39 is 0 Å². The van der Waals surface area contributed by atoms with Gasteiger partial charge >= 0.3 is 0 Å². The van der Waals surface area contributed by atoms with Crippen molar-refractivity contribution in [2.24, 2.45) is 0 Å². The molecule has 0 saturated carbocycles. The smallest absolute Gasteiger partial charge is 0.126 e. The normalized spacial score (nSPS) is 22.4. The van der Waals surface area contributed by atoms with Gasteiger partial charge < -0.3 is 4.74 Å². The molecule has 1 saturated heterocycles. The molecule has 1 aromatic carbocycles. The number of ether oxygens (including phenoxy) is 1. The van der Waals surface area contributed by atoms with Crippen molar-refractivity contribution in [3.05, 3.63) is 35.1 Å². The predicted molar refractivity (Wildman–Crippen MR) is 75.7 cm³/mol. The van der Waals surface area contributed by atoms with Crippen LogP contribution in [-0.2, 0) is 11.3 Å². The molecule has 0 spiro atoms. The SMILES string of the molecule is Cc1ccc(CN2CC(C)(C)OC(C)(C)C2)cc1F. The second-order valence-corrected chi connectivity index (χ2v) is 6.85. The van der Waals surface area contributed by atoms with Gasteiger partial charge in [0.25, 0.3) is 0 Å². The zero-order valence-corrected chi connectivity index (χ0v) is 12.6. The Morgan fingerprint density at radius 1 is 1.16 bits per heavy atom. The summed E-state index contributed by atoms with van der Waals surface area (Å²) in [5.74, 6) is -0.121. The topological polar surface area (TPSA) is 12.5 Å². The molecule has 1 fully saturated rings. The zero-order chi connectivity index (χ0) is 14.3. The van der Waals surface area contributed by atoms with E-state index >= 15 is 0 Å². The number of benzene rings is 1. The standard InChI is InChI=1S/C16H24FNO/c1-12-6-7-13(8-14(12)17)9-18-10-15(2,3)19-16(4,5)11-18/h6-8H,9-11H2,1-5H3. The molecule has 0 radical (unpaired) electrons. The Kier molecular flexibility index (Phi) is 3.72. The molecule has 0 N–H and O–H groups in total. The summed E-state index contributed by atoms with van der Waals surface area (Å²) in [6.07, 6.45) is 0. The molecule has 106 valence electrons. The van der Waals surface area contributed by atoms with Crippen LogP contribution in [0.1, 0.15) is 38.8 Å². The molecule has 1 aliphatic heterocycles. The third-order valence-corrected chi connectivity index (χ3v) is 3.40. The number of hydrogen-bond donors (Lipinski definition) is 0. The summed E-state index contributed by atoms with van der Waals surface area (Å²) in [5, 5.41) is 0. The van der Waals surface area contributed by atoms with Gasteiger partial charge in [-0.3, -0.25) is 4.90 Å². The van der Waals surface area contributed by atoms with Gasteiger partial charge in [-0.25, -0.2) is 4.39 Å². The fourth-order valence-electron chi connectivity index (χ4n) is 3.05. The number of morpholine rings is 1. The molecule has 3 heteroatoms. The highest BCUT2D eigenvalue weighted by Crippen LogP contribution is 2.29. The Bertz CT molecular complexity index is 452. The van der Waals surface area contributed by atoms with E-state index in [-0.39, 0.29) is 17.0 Å². The van der Waals surface area contributed by atoms with Gasteiger partial charge in [0.2, 0.25) is 0 Å². The van der Waals surface area contributed by atoms with E-state index in [1.54, 1.807) is 13.0 Å². The van der Waals surface area contributed by atoms with Crippen LogP contribution in [0.5, 0.6) is 0 Å². The van der Waals surface area contributed by atoms with Crippen molar-refractivity contribution in [3.63, 3.8) is 0 Å². The van der Waals surface area contributed by atoms with E-state index in [2.05, 4.69) is 32.6 Å². The van der Waals surface area contributed by atoms with Gasteiger partial charge in [-0.05, 0) is 51.8 Å². The summed E-state index contributed by atoms with van der Waals surface area (Å²) >= 11 is 0. The van der Waals surface area contributed by atoms with Crippen LogP contribution in [0.15, 0.2) is 18.2 Å². The fourth-order valence-corrected chi connectivity index (χ4v) is 3.05. The summed E-state index contributed by atoms with van der Waals surface area (Å²) in [6, 6.07) is 5.50. The molecule has 0 bridgehead atoms. The van der Waals surface area contributed by atoms with Gasteiger partial charge in [0.1, 0.15) is 5.82 Å². The second-order valence-electron chi connectivity index (χ2n) is 6.85. The quantitative estimate of drug-likeness (QED) is 0.811. The third-order valence-electron chi connectivity index (χ3n) is 3.40. The van der Waals surface area contributed by atoms with Crippen LogP contribution in [-0.4, -0.2) is 29.2 Å². The first-order valence-corrected chi connectivity index (χ1v) is 6.84. The van der Waals surface area contributed by atoms with Gasteiger partial charge in [-0.15, -0.1) is 0 Å². The first kappa shape index (κ1) is 14.5. The Balaban J connectivity index is 2.11. The van der Waals surface area contributed by atoms with Gasteiger partial charge in [0.05, 0.1) is 11.2 Å². The van der Waals surface area contributed by atoms with Crippen molar-refractivity contribution in [1.82, 2.24) is 4.90 Å². The Hall–Kier alpha value is -0.930. The van der Waals surface area contributed by atoms with Gasteiger partial charge in [0.15, 0.2) is 0 Å². The average Bonchev–Trinajstić information content (AvgIpc) is 2.18. The van der Waals surface area contributed by atoms with E-state index in [0.717, 1.165) is 25.2 Å². The number of halogens is 1. The highest BCUT2D eigenvalue weighted by molar-refractivity contribution is 5.23. The maximum Gasteiger partial charge on any atom is 0.126 e. The van der Waals surface area contributed by atoms with Crippen LogP contribution in [0.25, 0.3) is 0 Å². The number of hydrogen-bond acceptors (Lipinski definition) is 2. The lowest BCUT2D eigenvalue weighted by atomic mass is 9.98. The van der Waals surface area contributed by atoms with Crippen LogP contribution in [0, 0.1) is 12.7 Å². The van der Waals surface area contributed by atoms with Crippen LogP contribution in [0.4, 0.5) is 4.39 Å². The summed E-state index contributed by atoms with van der Waals surface area (Å²) in [4.78, 5) is 2.34. The maximum absolute atomic E-state index is 13.6. The van der Waals surface area contributed by atoms with Crippen molar-refractivity contribution < 1.29 is 9.13 Å². The van der Waals surface area contributed by atoms with Crippen LogP contribution < -0.4 is 0 Å². The average molecular weight is 265 g/mol. The van der Waals surface area contributed by atoms with E-state index in [0.29, 0.717) is 5.56 Å². The lowest BCUT2D eigenvalue weighted by molar-refractivity contribution is -0.182. The molecule has 0 unspecified atom stereocenters. The van der Waals surface area contributed by atoms with Crippen molar-refractivity contribution in [3.8, 4) is 0 Å². The molecule has 0 aromatic heterocycles. The molecule has 1 heterocycles. The van der Waals surface area contributed by atoms with Crippen LogP contribution >= 0.6 is 0 Å². The van der Waals surface area contributed by atoms with Gasteiger partial charge in [-0.2, -0.15) is 0 Å². The molecule has 0 amide bonds. The maximum atomic E-state index is 13.6. The van der Waals surface area contributed by atoms with Crippen molar-refractivity contribution in [2.45, 2.75) is 52.4 Å². The minimum Gasteiger partial charge on any atom is -0.367 e. The van der Waals surface area contributed by atoms with E-state index in [1.165, 1.54) is 0 Å². The lowest BCUT2D eigenvalue weighted by Gasteiger charge is -2.47. The van der Waals surface area contributed by atoms with Crippen molar-refractivity contribution >= 4 is 0 Å². The Morgan fingerprint density at radius 2 is 1.74 bits per heavy atom. The van der Waals surface area contributed by atoms with Crippen LogP contribution in [0.3, 0.4) is 0 Å². The Labute approximate surface area is 115 Å². The number of nitrogens with zero attached hydrogens (tertiary/aromatic N) is 1. The van der Waals surface area contributed by atoms with E-state index in [1.807, 2.05) is 12.1 Å². The molecule has 2 nitrogen and oxygen atoms in total. The largest absolute Gasteiger partial charge is 0.367 e. The monoisotopic (exact) mass is 265 g/mol. The zero-order valence-electron chi connectivity index (χ0n) is 12.6. The summed E-state index contributed by atoms with van der Waals surface area (Å²) in [7, 11) is 0. The number of rotatable bonds is 2. The van der Waals surface area contributed by atoms with Crippen LogP contribution in [0.2, 0.25) is 0 Å². The molecule has 2 rings (SSSR count). The van der Waals surface area contributed by atoms with Gasteiger partial charge in [0, 0.05) is 19.6 Å². The minimum atomic E-state index is -0.162. The molecule has 0 atom stereocenters. The van der Waals surface area contributed by atoms with E-state index in [4.69, 9.17) is 4.74 Å². The molecule has 1 aromatic rings. The first-order chi connectivity index (χ1) is 8.67. The molecule has 0 aliphatic carbocycles.